The van der Waals surface area contributed by atoms with Gasteiger partial charge in [-0.15, -0.1) is 0 Å². The van der Waals surface area contributed by atoms with Crippen LogP contribution in [0.3, 0.4) is 0 Å². The van der Waals surface area contributed by atoms with E-state index in [4.69, 9.17) is 4.98 Å². The van der Waals surface area contributed by atoms with E-state index < -0.39 is 10.0 Å². The summed E-state index contributed by atoms with van der Waals surface area (Å²) < 4.78 is 29.8. The predicted octanol–water partition coefficient (Wildman–Crippen LogP) is 4.15. The molecule has 3 aromatic rings. The van der Waals surface area contributed by atoms with Gasteiger partial charge in [-0.25, -0.2) is 23.1 Å². The SMILES string of the molecule is CN(C)C(=O)c1cc2cnc(Nc3ccc(S(=O)(=O)NCCCCN=C=S)cc3)nc2n1C1CCCC1. The zero-order valence-corrected chi connectivity index (χ0v) is 22.6. The van der Waals surface area contributed by atoms with Gasteiger partial charge < -0.3 is 14.8 Å². The first-order valence-corrected chi connectivity index (χ1v) is 14.2. The normalized spacial score (nSPS) is 14.0. The summed E-state index contributed by atoms with van der Waals surface area (Å²) in [5.74, 6) is 0.315. The van der Waals surface area contributed by atoms with E-state index in [9.17, 15) is 13.2 Å². The van der Waals surface area contributed by atoms with E-state index in [1.54, 1.807) is 37.3 Å². The summed E-state index contributed by atoms with van der Waals surface area (Å²) in [6, 6.07) is 8.50. The van der Waals surface area contributed by atoms with Gasteiger partial charge in [0.25, 0.3) is 5.91 Å². The number of thiocarbonyl (C=S) groups is 1. The summed E-state index contributed by atoms with van der Waals surface area (Å²) in [5, 5.41) is 6.26. The van der Waals surface area contributed by atoms with Crippen molar-refractivity contribution in [1.82, 2.24) is 24.2 Å². The quantitative estimate of drug-likeness (QED) is 0.212. The Kier molecular flexibility index (Phi) is 8.65. The minimum atomic E-state index is -3.61. The minimum absolute atomic E-state index is 0.0618. The Bertz CT molecular complexity index is 1410. The number of aromatic nitrogens is 3. The lowest BCUT2D eigenvalue weighted by Crippen LogP contribution is -2.25. The molecular formula is C25H31N7O3S2. The van der Waals surface area contributed by atoms with Gasteiger partial charge in [0.2, 0.25) is 16.0 Å². The van der Waals surface area contributed by atoms with Crippen LogP contribution in [0.25, 0.3) is 11.0 Å². The van der Waals surface area contributed by atoms with Crippen LogP contribution in [0.4, 0.5) is 11.6 Å². The molecule has 0 spiro atoms. The third-order valence-electron chi connectivity index (χ3n) is 6.37. The average Bonchev–Trinajstić information content (AvgIpc) is 3.53. The summed E-state index contributed by atoms with van der Waals surface area (Å²) >= 11 is 4.52. The van der Waals surface area contributed by atoms with Crippen LogP contribution in [0.5, 0.6) is 0 Å². The number of nitrogens with zero attached hydrogens (tertiary/aromatic N) is 5. The maximum absolute atomic E-state index is 12.9. The molecule has 12 heteroatoms. The number of fused-ring (bicyclic) bond motifs is 1. The number of benzene rings is 1. The van der Waals surface area contributed by atoms with E-state index in [1.165, 1.54) is 12.1 Å². The van der Waals surface area contributed by atoms with E-state index in [0.717, 1.165) is 37.5 Å². The number of carbonyl (C=O) groups excluding carboxylic acids is 1. The molecule has 0 radical (unpaired) electrons. The molecule has 2 aromatic heterocycles. The van der Waals surface area contributed by atoms with Crippen LogP contribution >= 0.6 is 12.2 Å². The van der Waals surface area contributed by atoms with E-state index in [1.807, 2.05) is 6.07 Å². The Labute approximate surface area is 222 Å². The van der Waals surface area contributed by atoms with Crippen molar-refractivity contribution in [3.63, 3.8) is 0 Å². The number of amides is 1. The van der Waals surface area contributed by atoms with Gasteiger partial charge in [0.05, 0.1) is 10.1 Å². The Balaban J connectivity index is 1.50. The number of isothiocyanates is 1. The lowest BCUT2D eigenvalue weighted by Gasteiger charge is -2.19. The van der Waals surface area contributed by atoms with Gasteiger partial charge >= 0.3 is 0 Å². The minimum Gasteiger partial charge on any atom is -0.343 e. The smallest absolute Gasteiger partial charge is 0.270 e. The van der Waals surface area contributed by atoms with Crippen LogP contribution in [0, 0.1) is 0 Å². The first-order valence-electron chi connectivity index (χ1n) is 12.3. The van der Waals surface area contributed by atoms with Crippen molar-refractivity contribution in [2.45, 2.75) is 49.5 Å². The number of nitrogens with one attached hydrogen (secondary N) is 2. The molecule has 10 nitrogen and oxygen atoms in total. The molecule has 0 aliphatic heterocycles. The van der Waals surface area contributed by atoms with Crippen molar-refractivity contribution >= 4 is 56.0 Å². The monoisotopic (exact) mass is 541 g/mol. The highest BCUT2D eigenvalue weighted by Crippen LogP contribution is 2.35. The van der Waals surface area contributed by atoms with Gasteiger partial charge in [0, 0.05) is 50.5 Å². The second kappa shape index (κ2) is 11.9. The van der Waals surface area contributed by atoms with E-state index in [2.05, 4.69) is 42.0 Å². The van der Waals surface area contributed by atoms with Crippen LogP contribution in [-0.2, 0) is 10.0 Å². The largest absolute Gasteiger partial charge is 0.343 e. The third kappa shape index (κ3) is 6.40. The van der Waals surface area contributed by atoms with Crippen LogP contribution in [-0.4, -0.2) is 66.1 Å². The molecular weight excluding hydrogens is 510 g/mol. The van der Waals surface area contributed by atoms with Crippen LogP contribution in [0.1, 0.15) is 55.1 Å². The fraction of sp³-hybridized carbons (Fsp3) is 0.440. The molecule has 1 saturated carbocycles. The van der Waals surface area contributed by atoms with Crippen molar-refractivity contribution in [3.05, 3.63) is 42.2 Å². The summed E-state index contributed by atoms with van der Waals surface area (Å²) in [5.41, 5.74) is 1.99. The summed E-state index contributed by atoms with van der Waals surface area (Å²) in [7, 11) is -0.124. The molecule has 2 heterocycles. The highest BCUT2D eigenvalue weighted by Gasteiger charge is 2.26. The molecule has 37 heavy (non-hydrogen) atoms. The number of aliphatic imine (C=N–C) groups is 1. The third-order valence-corrected chi connectivity index (χ3v) is 7.97. The Morgan fingerprint density at radius 1 is 1.22 bits per heavy atom. The molecule has 0 saturated heterocycles. The maximum Gasteiger partial charge on any atom is 0.270 e. The summed E-state index contributed by atoms with van der Waals surface area (Å²) in [6.45, 7) is 0.861. The maximum atomic E-state index is 12.9. The van der Waals surface area contributed by atoms with Crippen LogP contribution < -0.4 is 10.0 Å². The lowest BCUT2D eigenvalue weighted by molar-refractivity contribution is 0.0815. The standard InChI is InChI=1S/C25H31N7O3S2/c1-31(2)24(33)22-15-18-16-27-25(30-23(18)32(22)20-7-3-4-8-20)29-19-9-11-21(12-10-19)37(34,35)28-14-6-5-13-26-17-36/h9-12,15-16,20,28H,3-8,13-14H2,1-2H3,(H,27,29,30). The van der Waals surface area contributed by atoms with Crippen LogP contribution in [0.15, 0.2) is 46.4 Å². The Morgan fingerprint density at radius 3 is 2.62 bits per heavy atom. The second-order valence-electron chi connectivity index (χ2n) is 9.24. The zero-order valence-electron chi connectivity index (χ0n) is 21.0. The molecule has 1 aliphatic rings. The first kappa shape index (κ1) is 26.9. The van der Waals surface area contributed by atoms with E-state index >= 15 is 0 Å². The number of hydrogen-bond acceptors (Lipinski definition) is 8. The van der Waals surface area contributed by atoms with E-state index in [0.29, 0.717) is 42.5 Å². The Hall–Kier alpha value is -3.18. The number of rotatable bonds is 11. The van der Waals surface area contributed by atoms with Gasteiger partial charge in [-0.05, 0) is 68.2 Å². The molecule has 1 aromatic carbocycles. The fourth-order valence-electron chi connectivity index (χ4n) is 4.49. The molecule has 0 atom stereocenters. The highest BCUT2D eigenvalue weighted by molar-refractivity contribution is 7.89. The van der Waals surface area contributed by atoms with Gasteiger partial charge in [-0.3, -0.25) is 4.79 Å². The molecule has 4 rings (SSSR count). The van der Waals surface area contributed by atoms with Gasteiger partial charge in [-0.1, -0.05) is 12.8 Å². The highest BCUT2D eigenvalue weighted by atomic mass is 32.2. The van der Waals surface area contributed by atoms with Crippen molar-refractivity contribution in [2.24, 2.45) is 4.99 Å². The fourth-order valence-corrected chi connectivity index (χ4v) is 5.66. The van der Waals surface area contributed by atoms with Gasteiger partial charge in [0.1, 0.15) is 11.3 Å². The first-order chi connectivity index (χ1) is 17.8. The molecule has 0 bridgehead atoms. The van der Waals surface area contributed by atoms with Crippen molar-refractivity contribution < 1.29 is 13.2 Å². The molecule has 1 aliphatic carbocycles. The Morgan fingerprint density at radius 2 is 1.95 bits per heavy atom. The topological polar surface area (TPSA) is 122 Å². The molecule has 1 amide bonds. The summed E-state index contributed by atoms with van der Waals surface area (Å²) in [4.78, 5) is 27.6. The zero-order chi connectivity index (χ0) is 26.4. The number of sulfonamides is 1. The molecule has 0 unspecified atom stereocenters. The average molecular weight is 542 g/mol. The second-order valence-corrected chi connectivity index (χ2v) is 11.2. The predicted molar refractivity (Wildman–Crippen MR) is 147 cm³/mol. The number of carbonyl (C=O) groups is 1. The van der Waals surface area contributed by atoms with Crippen molar-refractivity contribution in [3.8, 4) is 0 Å². The van der Waals surface area contributed by atoms with E-state index in [-0.39, 0.29) is 16.8 Å². The van der Waals surface area contributed by atoms with Crippen molar-refractivity contribution in [2.75, 3.05) is 32.5 Å². The molecule has 2 N–H and O–H groups in total. The van der Waals surface area contributed by atoms with Gasteiger partial charge in [0.15, 0.2) is 0 Å². The van der Waals surface area contributed by atoms with Crippen molar-refractivity contribution in [1.29, 1.82) is 0 Å². The van der Waals surface area contributed by atoms with Crippen LogP contribution in [0.2, 0.25) is 0 Å². The van der Waals surface area contributed by atoms with Gasteiger partial charge in [-0.2, -0.15) is 4.98 Å². The molecule has 196 valence electrons. The summed E-state index contributed by atoms with van der Waals surface area (Å²) in [6.07, 6.45) is 7.37. The number of anilines is 2. The number of unbranched alkanes of at least 4 members (excludes halogenated alkanes) is 1. The number of hydrogen-bond donors (Lipinski definition) is 2. The lowest BCUT2D eigenvalue weighted by atomic mass is 10.2. The molecule has 1 fully saturated rings.